The van der Waals surface area contributed by atoms with E-state index in [1.807, 2.05) is 30.1 Å². The van der Waals surface area contributed by atoms with E-state index in [0.717, 1.165) is 50.7 Å². The highest BCUT2D eigenvalue weighted by atomic mass is 16.1. The molecule has 1 amide bonds. The van der Waals surface area contributed by atoms with E-state index >= 15 is 0 Å². The third-order valence-electron chi connectivity index (χ3n) is 5.56. The predicted molar refractivity (Wildman–Crippen MR) is 118 cm³/mol. The van der Waals surface area contributed by atoms with E-state index in [-0.39, 0.29) is 5.91 Å². The number of imidazole rings is 1. The van der Waals surface area contributed by atoms with E-state index in [4.69, 9.17) is 0 Å². The molecule has 2 aromatic heterocycles. The van der Waals surface area contributed by atoms with Gasteiger partial charge in [-0.2, -0.15) is 0 Å². The molecule has 162 valence electrons. The quantitative estimate of drug-likeness (QED) is 0.363. The maximum atomic E-state index is 12.5. The van der Waals surface area contributed by atoms with Gasteiger partial charge in [-0.1, -0.05) is 37.7 Å². The molecule has 1 N–H and O–H groups in total. The van der Waals surface area contributed by atoms with Crippen LogP contribution in [-0.4, -0.2) is 35.6 Å². The molecule has 1 aliphatic heterocycles. The van der Waals surface area contributed by atoms with Crippen LogP contribution < -0.4 is 14.8 Å². The number of aromatic nitrogens is 3. The van der Waals surface area contributed by atoms with Crippen molar-refractivity contribution in [2.75, 3.05) is 25.0 Å². The Bertz CT molecular complexity index is 868. The van der Waals surface area contributed by atoms with E-state index in [1.165, 1.54) is 25.7 Å². The molecule has 0 atom stereocenters. The number of hydrogen-bond acceptors (Lipinski definition) is 5. The van der Waals surface area contributed by atoms with Gasteiger partial charge >= 0.3 is 5.95 Å². The zero-order valence-electron chi connectivity index (χ0n) is 18.5. The molecular weight excluding hydrogens is 378 g/mol. The van der Waals surface area contributed by atoms with E-state index in [9.17, 15) is 4.79 Å². The van der Waals surface area contributed by atoms with Gasteiger partial charge in [0.2, 0.25) is 0 Å². The largest absolute Gasteiger partial charge is 0.421 e. The van der Waals surface area contributed by atoms with Crippen LogP contribution in [0.15, 0.2) is 34.9 Å². The van der Waals surface area contributed by atoms with Crippen LogP contribution in [-0.2, 0) is 13.6 Å². The zero-order valence-corrected chi connectivity index (χ0v) is 18.5. The number of amides is 1. The minimum Gasteiger partial charge on any atom is -0.357 e. The first-order valence-electron chi connectivity index (χ1n) is 11.1. The fraction of sp³-hybridized carbons (Fsp3) is 0.591. The Morgan fingerprint density at radius 1 is 1.20 bits per heavy atom. The summed E-state index contributed by atoms with van der Waals surface area (Å²) in [5.74, 6) is 1.41. The molecule has 0 aliphatic carbocycles. The van der Waals surface area contributed by atoms with Gasteiger partial charge in [-0.25, -0.2) is 14.1 Å². The topological polar surface area (TPSA) is 78.8 Å². The number of nitrogens with zero attached hydrogens (tertiary/aromatic N) is 6. The third-order valence-corrected chi connectivity index (χ3v) is 5.56. The molecule has 0 unspecified atom stereocenters. The average Bonchev–Trinajstić information content (AvgIpc) is 3.42. The summed E-state index contributed by atoms with van der Waals surface area (Å²) in [6, 6.07) is 1.82. The van der Waals surface area contributed by atoms with Crippen LogP contribution in [0.25, 0.3) is 0 Å². The lowest BCUT2D eigenvalue weighted by Gasteiger charge is -2.17. The molecule has 2 aromatic rings. The molecule has 0 saturated carbocycles. The van der Waals surface area contributed by atoms with Crippen molar-refractivity contribution in [2.45, 2.75) is 58.4 Å². The highest BCUT2D eigenvalue weighted by molar-refractivity contribution is 5.99. The van der Waals surface area contributed by atoms with Gasteiger partial charge in [-0.15, -0.1) is 0 Å². The Morgan fingerprint density at radius 3 is 2.70 bits per heavy atom. The first-order chi connectivity index (χ1) is 14.6. The molecule has 1 saturated heterocycles. The molecule has 3 heterocycles. The van der Waals surface area contributed by atoms with Crippen LogP contribution in [0.3, 0.4) is 0 Å². The number of nitrogens with one attached hydrogen (secondary N) is 1. The SMILES string of the molecule is CCCCCCCn1cc[n+](C)c1N=Nc1cnc(N2CCCC2)cc1C(=O)NC. The summed E-state index contributed by atoms with van der Waals surface area (Å²) in [6.45, 7) is 5.09. The Kier molecular flexibility index (Phi) is 7.93. The number of azo groups is 1. The van der Waals surface area contributed by atoms with Crippen LogP contribution in [0.2, 0.25) is 0 Å². The van der Waals surface area contributed by atoms with Crippen LogP contribution in [0.5, 0.6) is 0 Å². The molecular formula is C22H34N7O+. The lowest BCUT2D eigenvalue weighted by Crippen LogP contribution is -2.25. The highest BCUT2D eigenvalue weighted by Gasteiger charge is 2.20. The Hall–Kier alpha value is -2.77. The number of rotatable bonds is 10. The van der Waals surface area contributed by atoms with Crippen molar-refractivity contribution in [3.63, 3.8) is 0 Å². The number of unbranched alkanes of at least 4 members (excludes halogenated alkanes) is 4. The van der Waals surface area contributed by atoms with E-state index in [1.54, 1.807) is 13.2 Å². The zero-order chi connectivity index (χ0) is 21.3. The fourth-order valence-corrected chi connectivity index (χ4v) is 3.76. The molecule has 0 radical (unpaired) electrons. The molecule has 0 spiro atoms. The van der Waals surface area contributed by atoms with Gasteiger partial charge in [-0.3, -0.25) is 4.79 Å². The summed E-state index contributed by atoms with van der Waals surface area (Å²) in [4.78, 5) is 19.2. The lowest BCUT2D eigenvalue weighted by atomic mass is 10.1. The third kappa shape index (κ3) is 5.43. The first-order valence-corrected chi connectivity index (χ1v) is 11.1. The predicted octanol–water partition coefficient (Wildman–Crippen LogP) is 4.05. The van der Waals surface area contributed by atoms with Crippen molar-refractivity contribution in [3.05, 3.63) is 30.2 Å². The number of carbonyl (C=O) groups excluding carboxylic acids is 1. The van der Waals surface area contributed by atoms with Gasteiger partial charge in [0.05, 0.1) is 37.7 Å². The second kappa shape index (κ2) is 10.8. The van der Waals surface area contributed by atoms with Crippen molar-refractivity contribution < 1.29 is 9.36 Å². The molecule has 8 heteroatoms. The second-order valence-corrected chi connectivity index (χ2v) is 7.85. The number of carbonyl (C=O) groups is 1. The summed E-state index contributed by atoms with van der Waals surface area (Å²) >= 11 is 0. The molecule has 3 rings (SSSR count). The second-order valence-electron chi connectivity index (χ2n) is 7.85. The van der Waals surface area contributed by atoms with Crippen LogP contribution in [0.1, 0.15) is 62.2 Å². The number of aryl methyl sites for hydroxylation is 2. The molecule has 0 bridgehead atoms. The standard InChI is InChI=1S/C22H33N7O/c1-4-5-6-7-8-13-29-15-14-27(3)22(29)26-25-19-17-24-20(28-11-9-10-12-28)16-18(19)21(30)23-2/h14-17H,4-13H2,1-3H3/p+1. The minimum absolute atomic E-state index is 0.178. The van der Waals surface area contributed by atoms with E-state index in [0.29, 0.717) is 11.3 Å². The summed E-state index contributed by atoms with van der Waals surface area (Å²) in [6.07, 6.45) is 14.1. The summed E-state index contributed by atoms with van der Waals surface area (Å²) in [5, 5.41) is 11.6. The van der Waals surface area contributed by atoms with Gasteiger partial charge < -0.3 is 10.2 Å². The van der Waals surface area contributed by atoms with E-state index in [2.05, 4.69) is 36.9 Å². The molecule has 1 aliphatic rings. The van der Waals surface area contributed by atoms with Gasteiger partial charge in [0, 0.05) is 25.3 Å². The van der Waals surface area contributed by atoms with Crippen LogP contribution >= 0.6 is 0 Å². The fourth-order valence-electron chi connectivity index (χ4n) is 3.76. The van der Waals surface area contributed by atoms with Gasteiger partial charge in [-0.05, 0) is 25.3 Å². The van der Waals surface area contributed by atoms with Gasteiger partial charge in [0.15, 0.2) is 0 Å². The normalized spacial score (nSPS) is 14.0. The average molecular weight is 413 g/mol. The monoisotopic (exact) mass is 412 g/mol. The number of pyridine rings is 1. The highest BCUT2D eigenvalue weighted by Crippen LogP contribution is 2.26. The smallest absolute Gasteiger partial charge is 0.357 e. The summed E-state index contributed by atoms with van der Waals surface area (Å²) < 4.78 is 4.06. The summed E-state index contributed by atoms with van der Waals surface area (Å²) in [7, 11) is 3.58. The van der Waals surface area contributed by atoms with Crippen LogP contribution in [0.4, 0.5) is 17.5 Å². The first kappa shape index (κ1) is 21.9. The molecule has 8 nitrogen and oxygen atoms in total. The van der Waals surface area contributed by atoms with Crippen molar-refractivity contribution in [2.24, 2.45) is 17.3 Å². The van der Waals surface area contributed by atoms with Crippen molar-refractivity contribution in [3.8, 4) is 0 Å². The Morgan fingerprint density at radius 2 is 1.97 bits per heavy atom. The molecule has 30 heavy (non-hydrogen) atoms. The maximum absolute atomic E-state index is 12.5. The van der Waals surface area contributed by atoms with E-state index < -0.39 is 0 Å². The van der Waals surface area contributed by atoms with Crippen LogP contribution in [0, 0.1) is 0 Å². The maximum Gasteiger partial charge on any atom is 0.421 e. The summed E-state index contributed by atoms with van der Waals surface area (Å²) in [5.41, 5.74) is 0.978. The number of anilines is 1. The number of hydrogen-bond donors (Lipinski definition) is 1. The lowest BCUT2D eigenvalue weighted by molar-refractivity contribution is -0.657. The molecule has 1 fully saturated rings. The Labute approximate surface area is 179 Å². The van der Waals surface area contributed by atoms with Gasteiger partial charge in [0.1, 0.15) is 11.5 Å². The van der Waals surface area contributed by atoms with Crippen molar-refractivity contribution in [1.29, 1.82) is 0 Å². The Balaban J connectivity index is 1.78. The van der Waals surface area contributed by atoms with Crippen molar-refractivity contribution >= 4 is 23.4 Å². The molecule has 0 aromatic carbocycles. The minimum atomic E-state index is -0.178. The van der Waals surface area contributed by atoms with Crippen molar-refractivity contribution in [1.82, 2.24) is 14.9 Å². The van der Waals surface area contributed by atoms with Gasteiger partial charge in [0.25, 0.3) is 5.91 Å².